The van der Waals surface area contributed by atoms with Crippen molar-refractivity contribution in [2.24, 2.45) is 11.3 Å². The normalized spacial score (nSPS) is 36.8. The lowest BCUT2D eigenvalue weighted by Gasteiger charge is -2.55. The molecule has 30 heavy (non-hydrogen) atoms. The molecule has 4 rings (SSSR count). The summed E-state index contributed by atoms with van der Waals surface area (Å²) in [5, 5.41) is 0. The van der Waals surface area contributed by atoms with Gasteiger partial charge in [0.2, 0.25) is 0 Å². The summed E-state index contributed by atoms with van der Waals surface area (Å²) < 4.78 is 17.6. The molecule has 0 bridgehead atoms. The molecule has 0 spiro atoms. The number of fused-ring (bicyclic) bond motifs is 3. The number of nitrogens with zero attached hydrogens (tertiary/aromatic N) is 1. The summed E-state index contributed by atoms with van der Waals surface area (Å²) in [7, 11) is 3.69. The van der Waals surface area contributed by atoms with Gasteiger partial charge in [0, 0.05) is 32.3 Å². The van der Waals surface area contributed by atoms with Crippen LogP contribution < -0.4 is 4.74 Å². The first-order chi connectivity index (χ1) is 14.3. The van der Waals surface area contributed by atoms with Gasteiger partial charge in [0.15, 0.2) is 0 Å². The Kier molecular flexibility index (Phi) is 6.22. The smallest absolute Gasteiger partial charge is 0.123 e. The van der Waals surface area contributed by atoms with E-state index in [1.165, 1.54) is 43.2 Å². The van der Waals surface area contributed by atoms with E-state index in [1.54, 1.807) is 5.56 Å². The molecule has 168 valence electrons. The van der Waals surface area contributed by atoms with Crippen molar-refractivity contribution in [3.05, 3.63) is 28.8 Å². The SMILES string of the molecule is COC[C@@]1(C)CCC[C@]2(C)c3cc(OC)c(CN4C[C@@H](C)O[C@H](C)C4)cc3CC[C@@H]12. The minimum absolute atomic E-state index is 0.215. The van der Waals surface area contributed by atoms with E-state index < -0.39 is 0 Å². The molecular formula is C26H41NO3. The number of aryl methyl sites for hydroxylation is 1. The molecule has 3 aliphatic rings. The number of morpholine rings is 1. The molecule has 0 aromatic heterocycles. The number of methoxy groups -OCH3 is 2. The monoisotopic (exact) mass is 415 g/mol. The Morgan fingerprint density at radius 1 is 1.10 bits per heavy atom. The van der Waals surface area contributed by atoms with Crippen molar-refractivity contribution in [3.63, 3.8) is 0 Å². The highest BCUT2D eigenvalue weighted by molar-refractivity contribution is 5.48. The first-order valence-corrected chi connectivity index (χ1v) is 11.9. The third kappa shape index (κ3) is 3.91. The molecule has 0 unspecified atom stereocenters. The van der Waals surface area contributed by atoms with Crippen molar-refractivity contribution in [2.45, 2.75) is 84.0 Å². The Morgan fingerprint density at radius 3 is 2.50 bits per heavy atom. The highest BCUT2D eigenvalue weighted by Gasteiger charge is 2.51. The van der Waals surface area contributed by atoms with Crippen LogP contribution in [0.5, 0.6) is 5.75 Å². The summed E-state index contributed by atoms with van der Waals surface area (Å²) in [6.45, 7) is 13.1. The van der Waals surface area contributed by atoms with Crippen LogP contribution in [0.2, 0.25) is 0 Å². The highest BCUT2D eigenvalue weighted by atomic mass is 16.5. The maximum atomic E-state index is 5.95. The van der Waals surface area contributed by atoms with E-state index in [9.17, 15) is 0 Å². The predicted octanol–water partition coefficient (Wildman–Crippen LogP) is 4.96. The fraction of sp³-hybridized carbons (Fsp3) is 0.769. The molecule has 2 aliphatic carbocycles. The van der Waals surface area contributed by atoms with Gasteiger partial charge in [0.05, 0.1) is 25.9 Å². The lowest BCUT2D eigenvalue weighted by molar-refractivity contribution is -0.0706. The first kappa shape index (κ1) is 22.1. The van der Waals surface area contributed by atoms with Gasteiger partial charge in [-0.15, -0.1) is 0 Å². The van der Waals surface area contributed by atoms with Crippen LogP contribution in [0.3, 0.4) is 0 Å². The van der Waals surface area contributed by atoms with Gasteiger partial charge >= 0.3 is 0 Å². The second kappa shape index (κ2) is 8.44. The van der Waals surface area contributed by atoms with E-state index in [4.69, 9.17) is 14.2 Å². The molecule has 4 heteroatoms. The molecule has 2 fully saturated rings. The number of hydrogen-bond acceptors (Lipinski definition) is 4. The van der Waals surface area contributed by atoms with Crippen LogP contribution in [0.1, 0.15) is 70.1 Å². The maximum absolute atomic E-state index is 5.95. The predicted molar refractivity (Wildman–Crippen MR) is 121 cm³/mol. The molecule has 1 aromatic rings. The second-order valence-electron chi connectivity index (χ2n) is 10.7. The van der Waals surface area contributed by atoms with Crippen molar-refractivity contribution >= 4 is 0 Å². The molecule has 4 nitrogen and oxygen atoms in total. The van der Waals surface area contributed by atoms with Gasteiger partial charge in [-0.25, -0.2) is 0 Å². The van der Waals surface area contributed by atoms with E-state index in [-0.39, 0.29) is 23.0 Å². The zero-order valence-corrected chi connectivity index (χ0v) is 19.9. The third-order valence-corrected chi connectivity index (χ3v) is 8.24. The van der Waals surface area contributed by atoms with Gasteiger partial charge in [-0.2, -0.15) is 0 Å². The molecule has 1 saturated heterocycles. The number of ether oxygens (including phenoxy) is 3. The van der Waals surface area contributed by atoms with Gasteiger partial charge < -0.3 is 14.2 Å². The van der Waals surface area contributed by atoms with Crippen molar-refractivity contribution < 1.29 is 14.2 Å². The van der Waals surface area contributed by atoms with E-state index in [0.29, 0.717) is 5.92 Å². The molecule has 1 saturated carbocycles. The fourth-order valence-electron chi connectivity index (χ4n) is 7.15. The maximum Gasteiger partial charge on any atom is 0.123 e. The van der Waals surface area contributed by atoms with E-state index in [2.05, 4.69) is 44.7 Å². The summed E-state index contributed by atoms with van der Waals surface area (Å²) in [6, 6.07) is 4.85. The summed E-state index contributed by atoms with van der Waals surface area (Å²) in [5.41, 5.74) is 4.89. The average Bonchev–Trinajstić information content (AvgIpc) is 2.66. The first-order valence-electron chi connectivity index (χ1n) is 11.9. The summed E-state index contributed by atoms with van der Waals surface area (Å²) in [4.78, 5) is 2.52. The molecule has 0 radical (unpaired) electrons. The Bertz CT molecular complexity index is 751. The third-order valence-electron chi connectivity index (χ3n) is 8.24. The molecular weight excluding hydrogens is 374 g/mol. The number of benzene rings is 1. The van der Waals surface area contributed by atoms with Crippen molar-refractivity contribution in [1.29, 1.82) is 0 Å². The molecule has 1 aliphatic heterocycles. The van der Waals surface area contributed by atoms with Gasteiger partial charge in [-0.1, -0.05) is 26.3 Å². The molecule has 0 N–H and O–H groups in total. The zero-order valence-electron chi connectivity index (χ0n) is 19.9. The second-order valence-corrected chi connectivity index (χ2v) is 10.7. The van der Waals surface area contributed by atoms with Crippen LogP contribution in [-0.2, 0) is 27.9 Å². The number of hydrogen-bond donors (Lipinski definition) is 0. The molecule has 5 atom stereocenters. The average molecular weight is 416 g/mol. The van der Waals surface area contributed by atoms with Crippen molar-refractivity contribution in [2.75, 3.05) is 33.9 Å². The van der Waals surface area contributed by atoms with E-state index >= 15 is 0 Å². The molecule has 1 heterocycles. The van der Waals surface area contributed by atoms with Gasteiger partial charge in [0.25, 0.3) is 0 Å². The molecule has 0 amide bonds. The number of rotatable bonds is 5. The molecule has 1 aromatic carbocycles. The Morgan fingerprint density at radius 2 is 1.83 bits per heavy atom. The lowest BCUT2D eigenvalue weighted by Crippen LogP contribution is -2.50. The Balaban J connectivity index is 1.65. The standard InChI is InChI=1S/C26H41NO3/c1-18-14-27(15-19(2)30-18)16-21-12-20-8-9-24-25(3,17-28-5)10-7-11-26(24,4)22(20)13-23(21)29-6/h12-13,18-19,24H,7-11,14-17H2,1-6H3/t18-,19-,24+,25-,26-/m1/s1. The minimum atomic E-state index is 0.215. The topological polar surface area (TPSA) is 30.9 Å². The summed E-state index contributed by atoms with van der Waals surface area (Å²) in [5.74, 6) is 1.73. The fourth-order valence-corrected chi connectivity index (χ4v) is 7.15. The van der Waals surface area contributed by atoms with Gasteiger partial charge in [-0.05, 0) is 73.5 Å². The van der Waals surface area contributed by atoms with Crippen molar-refractivity contribution in [1.82, 2.24) is 4.90 Å². The van der Waals surface area contributed by atoms with Crippen LogP contribution in [0.25, 0.3) is 0 Å². The Hall–Kier alpha value is -1.10. The van der Waals surface area contributed by atoms with Crippen LogP contribution >= 0.6 is 0 Å². The van der Waals surface area contributed by atoms with Crippen LogP contribution in [0.4, 0.5) is 0 Å². The zero-order chi connectivity index (χ0) is 21.5. The minimum Gasteiger partial charge on any atom is -0.496 e. The van der Waals surface area contributed by atoms with Crippen LogP contribution in [-0.4, -0.2) is 51.0 Å². The van der Waals surface area contributed by atoms with Crippen LogP contribution in [0.15, 0.2) is 12.1 Å². The quantitative estimate of drug-likeness (QED) is 0.680. The van der Waals surface area contributed by atoms with Crippen molar-refractivity contribution in [3.8, 4) is 5.75 Å². The highest BCUT2D eigenvalue weighted by Crippen LogP contribution is 2.57. The largest absolute Gasteiger partial charge is 0.496 e. The van der Waals surface area contributed by atoms with Gasteiger partial charge in [-0.3, -0.25) is 4.90 Å². The lowest BCUT2D eigenvalue weighted by atomic mass is 9.50. The van der Waals surface area contributed by atoms with Gasteiger partial charge in [0.1, 0.15) is 5.75 Å². The van der Waals surface area contributed by atoms with Crippen LogP contribution in [0, 0.1) is 11.3 Å². The van der Waals surface area contributed by atoms with E-state index in [0.717, 1.165) is 32.0 Å². The van der Waals surface area contributed by atoms with E-state index in [1.807, 2.05) is 14.2 Å². The summed E-state index contributed by atoms with van der Waals surface area (Å²) in [6.07, 6.45) is 6.84. The Labute approximate surface area is 183 Å². The summed E-state index contributed by atoms with van der Waals surface area (Å²) >= 11 is 0.